The molecule has 8 nitrogen and oxygen atoms in total. The summed E-state index contributed by atoms with van der Waals surface area (Å²) in [6.45, 7) is 2.72. The lowest BCUT2D eigenvalue weighted by atomic mass is 9.96. The van der Waals surface area contributed by atoms with E-state index in [2.05, 4.69) is 25.3 Å². The molecule has 3 heterocycles. The number of carbonyl (C=O) groups is 1. The van der Waals surface area contributed by atoms with Crippen LogP contribution in [0.15, 0.2) is 71.8 Å². The Hall–Kier alpha value is -3.49. The second-order valence-electron chi connectivity index (χ2n) is 8.43. The number of hydrogen-bond donors (Lipinski definition) is 1. The molecule has 4 aromatic rings. The molecule has 0 bridgehead atoms. The molecule has 1 aliphatic heterocycles. The number of halogens is 1. The smallest absolute Gasteiger partial charge is 0.241 e. The van der Waals surface area contributed by atoms with Crippen LogP contribution in [0.4, 0.5) is 0 Å². The fourth-order valence-corrected chi connectivity index (χ4v) is 4.33. The summed E-state index contributed by atoms with van der Waals surface area (Å²) in [5, 5.41) is 7.79. The molecule has 0 atom stereocenters. The Morgan fingerprint density at radius 2 is 1.97 bits per heavy atom. The Balaban J connectivity index is 1.08. The van der Waals surface area contributed by atoms with Crippen molar-refractivity contribution in [3.05, 3.63) is 83.7 Å². The van der Waals surface area contributed by atoms with Crippen LogP contribution in [-0.4, -0.2) is 43.6 Å². The average Bonchev–Trinajstić information content (AvgIpc) is 3.56. The Labute approximate surface area is 202 Å². The number of rotatable bonds is 7. The zero-order chi connectivity index (χ0) is 23.3. The first-order chi connectivity index (χ1) is 16.6. The molecular weight excluding hydrogens is 452 g/mol. The van der Waals surface area contributed by atoms with Crippen LogP contribution in [0.2, 0.25) is 5.02 Å². The lowest BCUT2D eigenvalue weighted by Gasteiger charge is -2.30. The molecular formula is C25H25ClN6O2. The van der Waals surface area contributed by atoms with Crippen LogP contribution in [0.1, 0.15) is 24.3 Å². The van der Waals surface area contributed by atoms with Gasteiger partial charge in [0.15, 0.2) is 0 Å². The minimum absolute atomic E-state index is 0.0196. The maximum absolute atomic E-state index is 12.7. The number of benzene rings is 2. The van der Waals surface area contributed by atoms with Gasteiger partial charge in [-0.2, -0.15) is 4.98 Å². The van der Waals surface area contributed by atoms with E-state index >= 15 is 0 Å². The molecule has 174 valence electrons. The van der Waals surface area contributed by atoms with Gasteiger partial charge in [-0.1, -0.05) is 41.0 Å². The highest BCUT2D eigenvalue weighted by Gasteiger charge is 2.26. The molecule has 2 aromatic carbocycles. The fraction of sp³-hybridized carbons (Fsp3) is 0.280. The highest BCUT2D eigenvalue weighted by Crippen LogP contribution is 2.22. The summed E-state index contributed by atoms with van der Waals surface area (Å²) in [5.41, 5.74) is 2.94. The van der Waals surface area contributed by atoms with Gasteiger partial charge >= 0.3 is 0 Å². The highest BCUT2D eigenvalue weighted by molar-refractivity contribution is 6.30. The van der Waals surface area contributed by atoms with E-state index in [0.717, 1.165) is 42.7 Å². The summed E-state index contributed by atoms with van der Waals surface area (Å²) in [5.74, 6) is 1.23. The van der Waals surface area contributed by atoms with E-state index in [1.165, 1.54) is 0 Å². The van der Waals surface area contributed by atoms with E-state index in [0.29, 0.717) is 29.8 Å². The van der Waals surface area contributed by atoms with Crippen LogP contribution < -0.4 is 5.32 Å². The summed E-state index contributed by atoms with van der Waals surface area (Å²) in [7, 11) is 0. The normalized spacial score (nSPS) is 14.9. The van der Waals surface area contributed by atoms with Crippen LogP contribution in [-0.2, 0) is 17.9 Å². The Morgan fingerprint density at radius 1 is 1.15 bits per heavy atom. The van der Waals surface area contributed by atoms with Crippen molar-refractivity contribution in [2.45, 2.75) is 25.9 Å². The predicted octanol–water partition coefficient (Wildman–Crippen LogP) is 4.10. The molecule has 1 saturated heterocycles. The molecule has 2 aromatic heterocycles. The molecule has 1 amide bonds. The van der Waals surface area contributed by atoms with Gasteiger partial charge in [-0.15, -0.1) is 0 Å². The first-order valence-electron chi connectivity index (χ1n) is 11.3. The van der Waals surface area contributed by atoms with E-state index in [9.17, 15) is 4.79 Å². The zero-order valence-corrected chi connectivity index (χ0v) is 19.4. The van der Waals surface area contributed by atoms with Crippen LogP contribution in [0.3, 0.4) is 0 Å². The monoisotopic (exact) mass is 476 g/mol. The third-order valence-corrected chi connectivity index (χ3v) is 6.31. The van der Waals surface area contributed by atoms with Crippen molar-refractivity contribution in [3.63, 3.8) is 0 Å². The van der Waals surface area contributed by atoms with Gasteiger partial charge in [-0.3, -0.25) is 9.69 Å². The minimum Gasteiger partial charge on any atom is -0.352 e. The van der Waals surface area contributed by atoms with Crippen LogP contribution in [0, 0.1) is 5.92 Å². The molecule has 5 rings (SSSR count). The summed E-state index contributed by atoms with van der Waals surface area (Å²) in [4.78, 5) is 23.5. The number of aromatic nitrogens is 4. The van der Waals surface area contributed by atoms with Gasteiger partial charge in [0.05, 0.1) is 12.9 Å². The quantitative estimate of drug-likeness (QED) is 0.432. The second-order valence-corrected chi connectivity index (χ2v) is 8.86. The molecule has 34 heavy (non-hydrogen) atoms. The van der Waals surface area contributed by atoms with Crippen molar-refractivity contribution >= 4 is 17.5 Å². The van der Waals surface area contributed by atoms with E-state index in [1.807, 2.05) is 59.3 Å². The molecule has 1 fully saturated rings. The molecule has 1 N–H and O–H groups in total. The number of likely N-dealkylation sites (tertiary alicyclic amines) is 1. The lowest BCUT2D eigenvalue weighted by Crippen LogP contribution is -2.40. The number of carbonyl (C=O) groups excluding carboxylic acids is 1. The van der Waals surface area contributed by atoms with Gasteiger partial charge in [0.25, 0.3) is 0 Å². The number of imidazole rings is 1. The standard InChI is InChI=1S/C25H25ClN6O2/c26-21-3-1-2-20(14-21)24-29-23(34-30-24)16-31-11-8-19(9-12-31)25(33)28-15-18-4-6-22(7-5-18)32-13-10-27-17-32/h1-7,10,13-14,17,19H,8-9,11-12,15-16H2,(H,28,33). The van der Waals surface area contributed by atoms with Gasteiger partial charge < -0.3 is 14.4 Å². The van der Waals surface area contributed by atoms with Crippen molar-refractivity contribution in [3.8, 4) is 17.1 Å². The van der Waals surface area contributed by atoms with Crippen LogP contribution >= 0.6 is 11.6 Å². The number of amides is 1. The minimum atomic E-state index is 0.0196. The molecule has 0 spiro atoms. The summed E-state index contributed by atoms with van der Waals surface area (Å²) in [6, 6.07) is 15.5. The third kappa shape index (κ3) is 5.35. The second kappa shape index (κ2) is 10.2. The molecule has 0 radical (unpaired) electrons. The maximum Gasteiger partial charge on any atom is 0.241 e. The topological polar surface area (TPSA) is 89.1 Å². The predicted molar refractivity (Wildman–Crippen MR) is 128 cm³/mol. The van der Waals surface area contributed by atoms with Crippen molar-refractivity contribution in [1.29, 1.82) is 0 Å². The van der Waals surface area contributed by atoms with Crippen LogP contribution in [0.5, 0.6) is 0 Å². The van der Waals surface area contributed by atoms with Gasteiger partial charge in [0.2, 0.25) is 17.6 Å². The number of nitrogens with one attached hydrogen (secondary N) is 1. The first-order valence-corrected chi connectivity index (χ1v) is 11.7. The molecule has 0 unspecified atom stereocenters. The van der Waals surface area contributed by atoms with Crippen LogP contribution in [0.25, 0.3) is 17.1 Å². The SMILES string of the molecule is O=C(NCc1ccc(-n2ccnc2)cc1)C1CCN(Cc2nc(-c3cccc(Cl)c3)no2)CC1. The maximum atomic E-state index is 12.7. The summed E-state index contributed by atoms with van der Waals surface area (Å²) >= 11 is 6.05. The molecule has 0 aliphatic carbocycles. The Morgan fingerprint density at radius 3 is 2.71 bits per heavy atom. The van der Waals surface area contributed by atoms with E-state index < -0.39 is 0 Å². The van der Waals surface area contributed by atoms with Crippen molar-refractivity contribution in [2.75, 3.05) is 13.1 Å². The lowest BCUT2D eigenvalue weighted by molar-refractivity contribution is -0.126. The number of hydrogen-bond acceptors (Lipinski definition) is 6. The van der Waals surface area contributed by atoms with E-state index in [1.54, 1.807) is 12.5 Å². The highest BCUT2D eigenvalue weighted by atomic mass is 35.5. The van der Waals surface area contributed by atoms with Crippen molar-refractivity contribution in [2.24, 2.45) is 5.92 Å². The molecule has 9 heteroatoms. The van der Waals surface area contributed by atoms with Gasteiger partial charge in [-0.05, 0) is 55.8 Å². The summed E-state index contributed by atoms with van der Waals surface area (Å²) in [6.07, 6.45) is 7.03. The Kier molecular flexibility index (Phi) is 6.69. The van der Waals surface area contributed by atoms with Gasteiger partial charge in [-0.25, -0.2) is 4.98 Å². The Bertz CT molecular complexity index is 1230. The zero-order valence-electron chi connectivity index (χ0n) is 18.6. The van der Waals surface area contributed by atoms with Crippen molar-refractivity contribution in [1.82, 2.24) is 29.9 Å². The molecule has 1 aliphatic rings. The largest absolute Gasteiger partial charge is 0.352 e. The number of piperidine rings is 1. The van der Waals surface area contributed by atoms with Gasteiger partial charge in [0.1, 0.15) is 0 Å². The number of nitrogens with zero attached hydrogens (tertiary/aromatic N) is 5. The van der Waals surface area contributed by atoms with Crippen molar-refractivity contribution < 1.29 is 9.32 Å². The molecule has 0 saturated carbocycles. The fourth-order valence-electron chi connectivity index (χ4n) is 4.14. The third-order valence-electron chi connectivity index (χ3n) is 6.07. The van der Waals surface area contributed by atoms with E-state index in [4.69, 9.17) is 16.1 Å². The van der Waals surface area contributed by atoms with Gasteiger partial charge in [0, 0.05) is 41.1 Å². The summed E-state index contributed by atoms with van der Waals surface area (Å²) < 4.78 is 7.37. The first kappa shape index (κ1) is 22.3. The van der Waals surface area contributed by atoms with E-state index in [-0.39, 0.29) is 11.8 Å². The average molecular weight is 477 g/mol.